The number of nitrogens with one attached hydrogen (secondary N) is 1. The van der Waals surface area contributed by atoms with Crippen molar-refractivity contribution < 1.29 is 5.11 Å². The van der Waals surface area contributed by atoms with E-state index in [0.29, 0.717) is 6.54 Å². The minimum atomic E-state index is -0.384. The van der Waals surface area contributed by atoms with Crippen molar-refractivity contribution in [3.63, 3.8) is 0 Å². The molecule has 0 fully saturated rings. The third-order valence-electron chi connectivity index (χ3n) is 2.11. The summed E-state index contributed by atoms with van der Waals surface area (Å²) in [7, 11) is 1.89. The van der Waals surface area contributed by atoms with Crippen molar-refractivity contribution in [2.45, 2.75) is 6.10 Å². The van der Waals surface area contributed by atoms with Gasteiger partial charge in [0.15, 0.2) is 0 Å². The van der Waals surface area contributed by atoms with Crippen LogP contribution in [0.3, 0.4) is 0 Å². The second-order valence-corrected chi connectivity index (χ2v) is 3.26. The molecule has 1 aromatic heterocycles. The molecule has 1 aliphatic heterocycles. The molecule has 4 nitrogen and oxygen atoms in total. The highest BCUT2D eigenvalue weighted by Gasteiger charge is 2.12. The Bertz CT molecular complexity index is 329. The van der Waals surface area contributed by atoms with Crippen LogP contribution < -0.4 is 5.32 Å². The standard InChI is InChI=1S/C9H13N3O/c1-12-3-2-9(11-12)7-4-8(13)6-10-5-7/h2-4,8,10,13H,5-6H2,1H3. The molecule has 4 heteroatoms. The summed E-state index contributed by atoms with van der Waals surface area (Å²) in [6.07, 6.45) is 3.38. The van der Waals surface area contributed by atoms with Gasteiger partial charge in [-0.1, -0.05) is 0 Å². The molecule has 2 N–H and O–H groups in total. The summed E-state index contributed by atoms with van der Waals surface area (Å²) in [6, 6.07) is 1.95. The summed E-state index contributed by atoms with van der Waals surface area (Å²) in [4.78, 5) is 0. The lowest BCUT2D eigenvalue weighted by Crippen LogP contribution is -2.31. The summed E-state index contributed by atoms with van der Waals surface area (Å²) >= 11 is 0. The van der Waals surface area contributed by atoms with Gasteiger partial charge in [0.25, 0.3) is 0 Å². The Labute approximate surface area is 76.9 Å². The van der Waals surface area contributed by atoms with E-state index in [1.807, 2.05) is 25.4 Å². The average Bonchev–Trinajstić information content (AvgIpc) is 2.52. The van der Waals surface area contributed by atoms with E-state index in [4.69, 9.17) is 0 Å². The van der Waals surface area contributed by atoms with Crippen molar-refractivity contribution in [2.24, 2.45) is 7.05 Å². The Hall–Kier alpha value is -1.13. The zero-order chi connectivity index (χ0) is 9.26. The van der Waals surface area contributed by atoms with Crippen LogP contribution in [0.1, 0.15) is 5.69 Å². The molecule has 1 atom stereocenters. The highest BCUT2D eigenvalue weighted by Crippen LogP contribution is 2.13. The first-order chi connectivity index (χ1) is 6.25. The fourth-order valence-corrected chi connectivity index (χ4v) is 1.47. The molecule has 0 amide bonds. The van der Waals surface area contributed by atoms with Gasteiger partial charge < -0.3 is 10.4 Å². The van der Waals surface area contributed by atoms with Gasteiger partial charge in [-0.3, -0.25) is 4.68 Å². The Balaban J connectivity index is 2.25. The van der Waals surface area contributed by atoms with Crippen molar-refractivity contribution in [1.29, 1.82) is 0 Å². The molecule has 0 bridgehead atoms. The first-order valence-electron chi connectivity index (χ1n) is 4.35. The minimum Gasteiger partial charge on any atom is -0.388 e. The maximum absolute atomic E-state index is 9.37. The van der Waals surface area contributed by atoms with E-state index in [1.165, 1.54) is 0 Å². The topological polar surface area (TPSA) is 50.1 Å². The van der Waals surface area contributed by atoms with Gasteiger partial charge in [-0.05, 0) is 17.7 Å². The van der Waals surface area contributed by atoms with Gasteiger partial charge in [0, 0.05) is 26.3 Å². The molecule has 1 aliphatic rings. The van der Waals surface area contributed by atoms with Crippen LogP contribution in [0.4, 0.5) is 0 Å². The fraction of sp³-hybridized carbons (Fsp3) is 0.444. The Kier molecular flexibility index (Phi) is 2.16. The molecule has 0 saturated heterocycles. The second kappa shape index (κ2) is 3.32. The van der Waals surface area contributed by atoms with Crippen molar-refractivity contribution in [3.05, 3.63) is 24.0 Å². The zero-order valence-electron chi connectivity index (χ0n) is 7.57. The Morgan fingerprint density at radius 2 is 2.54 bits per heavy atom. The number of nitrogens with zero attached hydrogens (tertiary/aromatic N) is 2. The number of aliphatic hydroxyl groups excluding tert-OH is 1. The maximum Gasteiger partial charge on any atom is 0.0893 e. The van der Waals surface area contributed by atoms with Crippen LogP contribution >= 0.6 is 0 Å². The molecule has 13 heavy (non-hydrogen) atoms. The summed E-state index contributed by atoms with van der Waals surface area (Å²) in [5, 5.41) is 16.8. The lowest BCUT2D eigenvalue weighted by Gasteiger charge is -2.16. The monoisotopic (exact) mass is 179 g/mol. The second-order valence-electron chi connectivity index (χ2n) is 3.26. The predicted octanol–water partition coefficient (Wildman–Crippen LogP) is -0.232. The third-order valence-corrected chi connectivity index (χ3v) is 2.11. The van der Waals surface area contributed by atoms with Crippen LogP contribution in [0.5, 0.6) is 0 Å². The largest absolute Gasteiger partial charge is 0.388 e. The number of aryl methyl sites for hydroxylation is 1. The van der Waals surface area contributed by atoms with E-state index in [0.717, 1.165) is 17.8 Å². The quantitative estimate of drug-likeness (QED) is 0.626. The van der Waals surface area contributed by atoms with Gasteiger partial charge >= 0.3 is 0 Å². The van der Waals surface area contributed by atoms with Crippen molar-refractivity contribution in [3.8, 4) is 0 Å². The summed E-state index contributed by atoms with van der Waals surface area (Å²) in [5.74, 6) is 0. The third kappa shape index (κ3) is 1.79. The molecule has 0 spiro atoms. The highest BCUT2D eigenvalue weighted by atomic mass is 16.3. The van der Waals surface area contributed by atoms with Crippen LogP contribution in [0, 0.1) is 0 Å². The number of β-amino-alcohol motifs (C(OH)–C–C–N with tert-alkyl or cyclic N) is 1. The van der Waals surface area contributed by atoms with Crippen molar-refractivity contribution >= 4 is 5.57 Å². The van der Waals surface area contributed by atoms with Gasteiger partial charge in [0.05, 0.1) is 11.8 Å². The summed E-state index contributed by atoms with van der Waals surface area (Å²) < 4.78 is 1.76. The number of hydrogen-bond acceptors (Lipinski definition) is 3. The van der Waals surface area contributed by atoms with E-state index in [2.05, 4.69) is 10.4 Å². The van der Waals surface area contributed by atoms with Gasteiger partial charge in [-0.15, -0.1) is 0 Å². The van der Waals surface area contributed by atoms with Crippen LogP contribution in [0.15, 0.2) is 18.3 Å². The van der Waals surface area contributed by atoms with Gasteiger partial charge in [-0.2, -0.15) is 5.10 Å². The van der Waals surface area contributed by atoms with Crippen LogP contribution in [-0.4, -0.2) is 34.1 Å². The van der Waals surface area contributed by atoms with Crippen LogP contribution in [-0.2, 0) is 7.05 Å². The van der Waals surface area contributed by atoms with E-state index in [9.17, 15) is 5.11 Å². The number of aliphatic hydroxyl groups is 1. The highest BCUT2D eigenvalue weighted by molar-refractivity contribution is 5.65. The molecule has 0 radical (unpaired) electrons. The molecule has 0 aliphatic carbocycles. The maximum atomic E-state index is 9.37. The summed E-state index contributed by atoms with van der Waals surface area (Å²) in [5.41, 5.74) is 2.01. The van der Waals surface area contributed by atoms with E-state index >= 15 is 0 Å². The SMILES string of the molecule is Cn1ccc(C2=CC(O)CNC2)n1. The van der Waals surface area contributed by atoms with Crippen molar-refractivity contribution in [1.82, 2.24) is 15.1 Å². The predicted molar refractivity (Wildman–Crippen MR) is 50.1 cm³/mol. The first kappa shape index (κ1) is 8.47. The number of rotatable bonds is 1. The molecule has 0 saturated carbocycles. The number of hydrogen-bond donors (Lipinski definition) is 2. The van der Waals surface area contributed by atoms with Gasteiger partial charge in [0.2, 0.25) is 0 Å². The van der Waals surface area contributed by atoms with E-state index < -0.39 is 0 Å². The lowest BCUT2D eigenvalue weighted by atomic mass is 10.1. The zero-order valence-corrected chi connectivity index (χ0v) is 7.57. The molecule has 70 valence electrons. The van der Waals surface area contributed by atoms with Crippen molar-refractivity contribution in [2.75, 3.05) is 13.1 Å². The average molecular weight is 179 g/mol. The fourth-order valence-electron chi connectivity index (χ4n) is 1.47. The molecule has 1 unspecified atom stereocenters. The van der Waals surface area contributed by atoms with E-state index in [1.54, 1.807) is 4.68 Å². The molecular formula is C9H13N3O. The van der Waals surface area contributed by atoms with Crippen LogP contribution in [0.25, 0.3) is 5.57 Å². The van der Waals surface area contributed by atoms with Gasteiger partial charge in [0.1, 0.15) is 0 Å². The summed E-state index contributed by atoms with van der Waals surface area (Å²) in [6.45, 7) is 1.42. The Morgan fingerprint density at radius 1 is 1.69 bits per heavy atom. The molecule has 0 aromatic carbocycles. The minimum absolute atomic E-state index is 0.384. The van der Waals surface area contributed by atoms with E-state index in [-0.39, 0.29) is 6.10 Å². The molecule has 1 aromatic rings. The van der Waals surface area contributed by atoms with Gasteiger partial charge in [-0.25, -0.2) is 0 Å². The molecular weight excluding hydrogens is 166 g/mol. The smallest absolute Gasteiger partial charge is 0.0893 e. The molecule has 2 rings (SSSR count). The number of aromatic nitrogens is 2. The Morgan fingerprint density at radius 3 is 3.15 bits per heavy atom. The molecule has 2 heterocycles. The lowest BCUT2D eigenvalue weighted by molar-refractivity contribution is 0.217. The van der Waals surface area contributed by atoms with Crippen LogP contribution in [0.2, 0.25) is 0 Å². The first-order valence-corrected chi connectivity index (χ1v) is 4.35. The normalized spacial score (nSPS) is 22.9.